The molecule has 5 rings (SSSR count). The zero-order valence-electron chi connectivity index (χ0n) is 15.5. The molecular weight excluding hydrogens is 330 g/mol. The monoisotopic (exact) mass is 357 g/mol. The van der Waals surface area contributed by atoms with Gasteiger partial charge in [-0.15, -0.1) is 0 Å². The summed E-state index contributed by atoms with van der Waals surface area (Å²) in [6.07, 6.45) is 11.3. The fourth-order valence-electron chi connectivity index (χ4n) is 5.58. The predicted molar refractivity (Wildman–Crippen MR) is 95.1 cm³/mol. The molecule has 1 amide bonds. The Morgan fingerprint density at radius 2 is 1.77 bits per heavy atom. The minimum absolute atomic E-state index is 0.0570. The molecule has 1 N–H and O–H groups in total. The maximum Gasteiger partial charge on any atom is 0.312 e. The van der Waals surface area contributed by atoms with E-state index in [0.717, 1.165) is 19.3 Å². The van der Waals surface area contributed by atoms with Crippen LogP contribution in [-0.2, 0) is 9.53 Å². The lowest BCUT2D eigenvalue weighted by atomic mass is 9.49. The molecule has 0 aromatic carbocycles. The van der Waals surface area contributed by atoms with E-state index in [1.807, 2.05) is 13.8 Å². The van der Waals surface area contributed by atoms with Crippen LogP contribution < -0.4 is 5.32 Å². The number of carbonyl (C=O) groups excluding carboxylic acids is 2. The first-order chi connectivity index (χ1) is 12.4. The van der Waals surface area contributed by atoms with Gasteiger partial charge < -0.3 is 10.1 Å². The van der Waals surface area contributed by atoms with Crippen LogP contribution in [0.4, 0.5) is 0 Å². The number of nitrogens with zero attached hydrogens (tertiary/aromatic N) is 2. The topological polar surface area (TPSA) is 81.2 Å². The van der Waals surface area contributed by atoms with Crippen molar-refractivity contribution in [3.05, 3.63) is 24.3 Å². The van der Waals surface area contributed by atoms with Crippen molar-refractivity contribution in [2.24, 2.45) is 23.2 Å². The Kier molecular flexibility index (Phi) is 4.24. The van der Waals surface area contributed by atoms with Crippen molar-refractivity contribution in [3.8, 4) is 0 Å². The molecule has 140 valence electrons. The Labute approximate surface area is 154 Å². The maximum absolute atomic E-state index is 12.9. The summed E-state index contributed by atoms with van der Waals surface area (Å²) in [6, 6.07) is 0. The third kappa shape index (κ3) is 3.33. The first-order valence-electron chi connectivity index (χ1n) is 9.61. The number of amides is 1. The van der Waals surface area contributed by atoms with E-state index in [4.69, 9.17) is 4.74 Å². The van der Waals surface area contributed by atoms with E-state index >= 15 is 0 Å². The van der Waals surface area contributed by atoms with Gasteiger partial charge in [0, 0.05) is 12.4 Å². The first-order valence-corrected chi connectivity index (χ1v) is 9.61. The molecule has 4 fully saturated rings. The molecule has 26 heavy (non-hydrogen) atoms. The number of hydrogen-bond donors (Lipinski definition) is 1. The average molecular weight is 357 g/mol. The number of aromatic nitrogens is 2. The van der Waals surface area contributed by atoms with Gasteiger partial charge in [-0.2, -0.15) is 0 Å². The zero-order valence-corrected chi connectivity index (χ0v) is 15.5. The summed E-state index contributed by atoms with van der Waals surface area (Å²) in [6.45, 7) is 3.88. The SMILES string of the molecule is CC(C)(COC(=O)C12CC3CC(CC(C3)C1)C2)NC(=O)c1cnccn1. The second-order valence-electron chi connectivity index (χ2n) is 9.20. The molecule has 0 spiro atoms. The summed E-state index contributed by atoms with van der Waals surface area (Å²) in [5, 5.41) is 2.88. The standard InChI is InChI=1S/C20H27N3O3/c1-19(2,23-17(24)16-11-21-3-4-22-16)12-26-18(25)20-8-13-5-14(9-20)7-15(6-13)10-20/h3-4,11,13-15H,5-10,12H2,1-2H3,(H,23,24). The zero-order chi connectivity index (χ0) is 18.4. The van der Waals surface area contributed by atoms with Crippen molar-refractivity contribution in [1.82, 2.24) is 15.3 Å². The summed E-state index contributed by atoms with van der Waals surface area (Å²) in [4.78, 5) is 33.1. The summed E-state index contributed by atoms with van der Waals surface area (Å²) in [5.41, 5.74) is -0.667. The Morgan fingerprint density at radius 3 is 2.31 bits per heavy atom. The minimum Gasteiger partial charge on any atom is -0.463 e. The van der Waals surface area contributed by atoms with E-state index < -0.39 is 5.54 Å². The Bertz CT molecular complexity index is 666. The third-order valence-electron chi connectivity index (χ3n) is 6.28. The van der Waals surface area contributed by atoms with Crippen molar-refractivity contribution < 1.29 is 14.3 Å². The van der Waals surface area contributed by atoms with Crippen LogP contribution in [0.1, 0.15) is 62.9 Å². The van der Waals surface area contributed by atoms with E-state index in [9.17, 15) is 9.59 Å². The summed E-state index contributed by atoms with van der Waals surface area (Å²) in [5.74, 6) is 1.75. The molecule has 4 aliphatic rings. The van der Waals surface area contributed by atoms with Gasteiger partial charge in [-0.1, -0.05) is 0 Å². The second-order valence-corrected chi connectivity index (χ2v) is 9.20. The van der Waals surface area contributed by atoms with Gasteiger partial charge in [0.15, 0.2) is 0 Å². The van der Waals surface area contributed by atoms with Crippen LogP contribution in [0.3, 0.4) is 0 Å². The van der Waals surface area contributed by atoms with Crippen molar-refractivity contribution in [2.75, 3.05) is 6.61 Å². The van der Waals surface area contributed by atoms with Crippen molar-refractivity contribution >= 4 is 11.9 Å². The number of ether oxygens (including phenoxy) is 1. The molecule has 1 heterocycles. The van der Waals surface area contributed by atoms with Gasteiger partial charge in [-0.25, -0.2) is 4.98 Å². The van der Waals surface area contributed by atoms with E-state index in [1.165, 1.54) is 37.9 Å². The highest BCUT2D eigenvalue weighted by molar-refractivity contribution is 5.92. The molecular formula is C20H27N3O3. The van der Waals surface area contributed by atoms with E-state index in [0.29, 0.717) is 17.8 Å². The van der Waals surface area contributed by atoms with Crippen molar-refractivity contribution in [3.63, 3.8) is 0 Å². The van der Waals surface area contributed by atoms with Gasteiger partial charge in [0.2, 0.25) is 0 Å². The van der Waals surface area contributed by atoms with Crippen LogP contribution in [-0.4, -0.2) is 34.0 Å². The van der Waals surface area contributed by atoms with Crippen LogP contribution in [0.15, 0.2) is 18.6 Å². The Balaban J connectivity index is 1.36. The van der Waals surface area contributed by atoms with Crippen LogP contribution in [0.25, 0.3) is 0 Å². The van der Waals surface area contributed by atoms with E-state index in [1.54, 1.807) is 0 Å². The smallest absolute Gasteiger partial charge is 0.312 e. The molecule has 0 saturated heterocycles. The lowest BCUT2D eigenvalue weighted by Gasteiger charge is -2.55. The molecule has 4 saturated carbocycles. The number of carbonyl (C=O) groups is 2. The highest BCUT2D eigenvalue weighted by atomic mass is 16.5. The highest BCUT2D eigenvalue weighted by Crippen LogP contribution is 2.60. The lowest BCUT2D eigenvalue weighted by Crippen LogP contribution is -2.52. The summed E-state index contributed by atoms with van der Waals surface area (Å²) < 4.78 is 5.74. The van der Waals surface area contributed by atoms with Gasteiger partial charge in [0.1, 0.15) is 12.3 Å². The molecule has 1 aromatic heterocycles. The molecule has 0 atom stereocenters. The number of nitrogens with one attached hydrogen (secondary N) is 1. The molecule has 4 aliphatic carbocycles. The number of hydrogen-bond acceptors (Lipinski definition) is 5. The second kappa shape index (κ2) is 6.32. The maximum atomic E-state index is 12.9. The molecule has 0 radical (unpaired) electrons. The first kappa shape index (κ1) is 17.4. The molecule has 1 aromatic rings. The van der Waals surface area contributed by atoms with Gasteiger partial charge in [0.25, 0.3) is 5.91 Å². The highest BCUT2D eigenvalue weighted by Gasteiger charge is 2.55. The molecule has 6 nitrogen and oxygen atoms in total. The summed E-state index contributed by atoms with van der Waals surface area (Å²) >= 11 is 0. The number of esters is 1. The van der Waals surface area contributed by atoms with E-state index in [2.05, 4.69) is 15.3 Å². The fraction of sp³-hybridized carbons (Fsp3) is 0.700. The van der Waals surface area contributed by atoms with Crippen molar-refractivity contribution in [1.29, 1.82) is 0 Å². The van der Waals surface area contributed by atoms with Crippen LogP contribution in [0.2, 0.25) is 0 Å². The summed E-state index contributed by atoms with van der Waals surface area (Å²) in [7, 11) is 0. The molecule has 0 unspecified atom stereocenters. The van der Waals surface area contributed by atoms with Gasteiger partial charge in [0.05, 0.1) is 17.2 Å². The largest absolute Gasteiger partial charge is 0.463 e. The normalized spacial score (nSPS) is 32.3. The molecule has 0 aliphatic heterocycles. The van der Waals surface area contributed by atoms with Crippen LogP contribution in [0.5, 0.6) is 0 Å². The minimum atomic E-state index is -0.660. The Morgan fingerprint density at radius 1 is 1.15 bits per heavy atom. The van der Waals surface area contributed by atoms with Gasteiger partial charge in [-0.3, -0.25) is 14.6 Å². The predicted octanol–water partition coefficient (Wildman–Crippen LogP) is 2.74. The Hall–Kier alpha value is -1.98. The van der Waals surface area contributed by atoms with Crippen LogP contribution in [0, 0.1) is 23.2 Å². The van der Waals surface area contributed by atoms with E-state index in [-0.39, 0.29) is 29.6 Å². The third-order valence-corrected chi connectivity index (χ3v) is 6.28. The average Bonchev–Trinajstić information content (AvgIpc) is 2.59. The molecule has 4 bridgehead atoms. The van der Waals surface area contributed by atoms with Gasteiger partial charge >= 0.3 is 5.97 Å². The lowest BCUT2D eigenvalue weighted by molar-refractivity contribution is -0.173. The van der Waals surface area contributed by atoms with Gasteiger partial charge in [-0.05, 0) is 70.1 Å². The molecule has 6 heteroatoms. The quantitative estimate of drug-likeness (QED) is 0.820. The van der Waals surface area contributed by atoms with Crippen LogP contribution >= 0.6 is 0 Å². The fourth-order valence-corrected chi connectivity index (χ4v) is 5.58. The number of rotatable bonds is 5. The van der Waals surface area contributed by atoms with Crippen molar-refractivity contribution in [2.45, 2.75) is 57.9 Å².